The van der Waals surface area contributed by atoms with E-state index in [-0.39, 0.29) is 18.3 Å². The Labute approximate surface area is 181 Å². The van der Waals surface area contributed by atoms with Crippen molar-refractivity contribution in [1.82, 2.24) is 0 Å². The highest BCUT2D eigenvalue weighted by atomic mass is 16.5. The lowest BCUT2D eigenvalue weighted by Gasteiger charge is -2.28. The second-order valence-corrected chi connectivity index (χ2v) is 7.20. The van der Waals surface area contributed by atoms with Crippen molar-refractivity contribution in [2.75, 3.05) is 43.1 Å². The minimum absolute atomic E-state index is 0.0505. The molecule has 1 amide bonds. The average molecular weight is 416 g/mol. The van der Waals surface area contributed by atoms with Gasteiger partial charge in [-0.25, -0.2) is 0 Å². The Morgan fingerprint density at radius 1 is 0.839 bits per heavy atom. The number of nitrogens with zero attached hydrogens (tertiary/aromatic N) is 1. The van der Waals surface area contributed by atoms with Crippen LogP contribution in [0.5, 0.6) is 5.75 Å². The molecule has 0 radical (unpaired) electrons. The number of hydrogen-bond donors (Lipinski definition) is 1. The normalized spacial score (nSPS) is 13.5. The summed E-state index contributed by atoms with van der Waals surface area (Å²) in [5, 5.41) is 2.83. The lowest BCUT2D eigenvalue weighted by atomic mass is 10.0. The van der Waals surface area contributed by atoms with Crippen LogP contribution in [0.4, 0.5) is 11.4 Å². The number of rotatable bonds is 7. The molecule has 1 aliphatic heterocycles. The summed E-state index contributed by atoms with van der Waals surface area (Å²) in [6.45, 7) is 3.09. The van der Waals surface area contributed by atoms with Crippen LogP contribution < -0.4 is 15.0 Å². The van der Waals surface area contributed by atoms with Gasteiger partial charge in [0.05, 0.1) is 13.2 Å². The summed E-state index contributed by atoms with van der Waals surface area (Å²) in [5.41, 5.74) is 3.04. The van der Waals surface area contributed by atoms with Gasteiger partial charge in [0.2, 0.25) is 0 Å². The maximum absolute atomic E-state index is 12.4. The zero-order valence-corrected chi connectivity index (χ0v) is 17.1. The molecule has 0 atom stereocenters. The van der Waals surface area contributed by atoms with E-state index in [0.717, 1.165) is 37.7 Å². The zero-order chi connectivity index (χ0) is 21.5. The van der Waals surface area contributed by atoms with E-state index >= 15 is 0 Å². The topological polar surface area (TPSA) is 67.9 Å². The van der Waals surface area contributed by atoms with E-state index in [1.165, 1.54) is 0 Å². The Morgan fingerprint density at radius 2 is 1.48 bits per heavy atom. The van der Waals surface area contributed by atoms with Crippen LogP contribution in [0.15, 0.2) is 78.9 Å². The number of carbonyl (C=O) groups is 2. The van der Waals surface area contributed by atoms with E-state index in [9.17, 15) is 9.59 Å². The van der Waals surface area contributed by atoms with Gasteiger partial charge in [-0.15, -0.1) is 0 Å². The van der Waals surface area contributed by atoms with E-state index in [1.807, 2.05) is 42.5 Å². The number of benzene rings is 3. The number of morpholine rings is 1. The molecular formula is C25H24N2O4. The van der Waals surface area contributed by atoms with Crippen LogP contribution in [-0.4, -0.2) is 44.6 Å². The number of ether oxygens (including phenoxy) is 2. The smallest absolute Gasteiger partial charge is 0.262 e. The molecule has 0 aliphatic carbocycles. The minimum Gasteiger partial charge on any atom is -0.484 e. The van der Waals surface area contributed by atoms with Crippen molar-refractivity contribution in [2.45, 2.75) is 0 Å². The summed E-state index contributed by atoms with van der Waals surface area (Å²) < 4.78 is 10.9. The molecule has 0 bridgehead atoms. The van der Waals surface area contributed by atoms with Gasteiger partial charge in [-0.05, 0) is 48.5 Å². The van der Waals surface area contributed by atoms with Crippen LogP contribution in [0, 0.1) is 0 Å². The minimum atomic E-state index is -0.247. The fourth-order valence-corrected chi connectivity index (χ4v) is 3.38. The van der Waals surface area contributed by atoms with Crippen LogP contribution in [-0.2, 0) is 9.53 Å². The van der Waals surface area contributed by atoms with E-state index in [1.54, 1.807) is 36.4 Å². The third kappa shape index (κ3) is 5.49. The van der Waals surface area contributed by atoms with Crippen LogP contribution in [0.2, 0.25) is 0 Å². The molecule has 0 unspecified atom stereocenters. The molecule has 6 nitrogen and oxygen atoms in total. The Kier molecular flexibility index (Phi) is 6.59. The molecule has 158 valence electrons. The van der Waals surface area contributed by atoms with Crippen molar-refractivity contribution in [3.63, 3.8) is 0 Å². The van der Waals surface area contributed by atoms with Crippen molar-refractivity contribution in [3.8, 4) is 5.75 Å². The van der Waals surface area contributed by atoms with Gasteiger partial charge in [-0.3, -0.25) is 9.59 Å². The van der Waals surface area contributed by atoms with Crippen LogP contribution in [0.3, 0.4) is 0 Å². The van der Waals surface area contributed by atoms with Crippen molar-refractivity contribution in [2.24, 2.45) is 0 Å². The van der Waals surface area contributed by atoms with Gasteiger partial charge >= 0.3 is 0 Å². The first kappa shape index (κ1) is 20.6. The summed E-state index contributed by atoms with van der Waals surface area (Å²) in [5.74, 6) is 0.233. The quantitative estimate of drug-likeness (QED) is 0.594. The molecule has 3 aromatic carbocycles. The van der Waals surface area contributed by atoms with Gasteiger partial charge in [0.1, 0.15) is 5.75 Å². The highest BCUT2D eigenvalue weighted by Gasteiger charge is 2.12. The van der Waals surface area contributed by atoms with Crippen molar-refractivity contribution in [3.05, 3.63) is 90.0 Å². The SMILES string of the molecule is O=C(COc1ccc(C(=O)c2ccccc2)cc1)Nc1ccc(N2CCOCC2)cc1. The van der Waals surface area contributed by atoms with E-state index < -0.39 is 0 Å². The number of carbonyl (C=O) groups excluding carboxylic acids is 2. The molecule has 6 heteroatoms. The molecule has 0 spiro atoms. The number of nitrogens with one attached hydrogen (secondary N) is 1. The second-order valence-electron chi connectivity index (χ2n) is 7.20. The molecule has 1 N–H and O–H groups in total. The van der Waals surface area contributed by atoms with E-state index in [4.69, 9.17) is 9.47 Å². The molecular weight excluding hydrogens is 392 g/mol. The van der Waals surface area contributed by atoms with E-state index in [2.05, 4.69) is 10.2 Å². The molecule has 1 fully saturated rings. The summed E-state index contributed by atoms with van der Waals surface area (Å²) >= 11 is 0. The number of ketones is 1. The lowest BCUT2D eigenvalue weighted by molar-refractivity contribution is -0.118. The summed E-state index contributed by atoms with van der Waals surface area (Å²) in [6, 6.07) is 23.6. The first-order chi connectivity index (χ1) is 15.2. The zero-order valence-electron chi connectivity index (χ0n) is 17.1. The van der Waals surface area contributed by atoms with Crippen molar-refractivity contribution >= 4 is 23.1 Å². The number of hydrogen-bond acceptors (Lipinski definition) is 5. The predicted octanol–water partition coefficient (Wildman–Crippen LogP) is 3.77. The third-order valence-electron chi connectivity index (χ3n) is 5.05. The van der Waals surface area contributed by atoms with Gasteiger partial charge in [0.15, 0.2) is 12.4 Å². The Morgan fingerprint density at radius 3 is 2.16 bits per heavy atom. The van der Waals surface area contributed by atoms with Crippen LogP contribution in [0.1, 0.15) is 15.9 Å². The molecule has 1 heterocycles. The average Bonchev–Trinajstić information content (AvgIpc) is 2.84. The maximum Gasteiger partial charge on any atom is 0.262 e. The van der Waals surface area contributed by atoms with Gasteiger partial charge in [-0.2, -0.15) is 0 Å². The Balaban J connectivity index is 1.27. The molecule has 0 aromatic heterocycles. The van der Waals surface area contributed by atoms with Crippen LogP contribution in [0.25, 0.3) is 0 Å². The third-order valence-corrected chi connectivity index (χ3v) is 5.05. The van der Waals surface area contributed by atoms with Crippen LogP contribution >= 0.6 is 0 Å². The van der Waals surface area contributed by atoms with E-state index in [0.29, 0.717) is 16.9 Å². The first-order valence-corrected chi connectivity index (χ1v) is 10.2. The first-order valence-electron chi connectivity index (χ1n) is 10.2. The monoisotopic (exact) mass is 416 g/mol. The van der Waals surface area contributed by atoms with Gasteiger partial charge < -0.3 is 19.7 Å². The highest BCUT2D eigenvalue weighted by molar-refractivity contribution is 6.09. The summed E-state index contributed by atoms with van der Waals surface area (Å²) in [7, 11) is 0. The van der Waals surface area contributed by atoms with Crippen molar-refractivity contribution in [1.29, 1.82) is 0 Å². The van der Waals surface area contributed by atoms with Crippen molar-refractivity contribution < 1.29 is 19.1 Å². The molecule has 1 saturated heterocycles. The predicted molar refractivity (Wildman–Crippen MR) is 120 cm³/mol. The Hall–Kier alpha value is -3.64. The largest absolute Gasteiger partial charge is 0.484 e. The fourth-order valence-electron chi connectivity index (χ4n) is 3.38. The standard InChI is InChI=1S/C25H24N2O4/c28-24(26-21-8-10-22(11-9-21)27-14-16-30-17-15-27)18-31-23-12-6-20(7-13-23)25(29)19-4-2-1-3-5-19/h1-13H,14-18H2,(H,26,28). The fraction of sp³-hybridized carbons (Fsp3) is 0.200. The summed E-state index contributed by atoms with van der Waals surface area (Å²) in [6.07, 6.45) is 0. The molecule has 3 aromatic rings. The second kappa shape index (κ2) is 9.91. The highest BCUT2D eigenvalue weighted by Crippen LogP contribution is 2.19. The summed E-state index contributed by atoms with van der Waals surface area (Å²) in [4.78, 5) is 26.9. The molecule has 1 aliphatic rings. The lowest BCUT2D eigenvalue weighted by Crippen LogP contribution is -2.36. The maximum atomic E-state index is 12.4. The number of anilines is 2. The van der Waals surface area contributed by atoms with Gasteiger partial charge in [0.25, 0.3) is 5.91 Å². The van der Waals surface area contributed by atoms with Gasteiger partial charge in [0, 0.05) is 35.6 Å². The number of amides is 1. The Bertz CT molecular complexity index is 1010. The molecule has 4 rings (SSSR count). The molecule has 31 heavy (non-hydrogen) atoms. The van der Waals surface area contributed by atoms with Gasteiger partial charge in [-0.1, -0.05) is 30.3 Å². The molecule has 0 saturated carbocycles.